The summed E-state index contributed by atoms with van der Waals surface area (Å²) >= 11 is 4.91. The molecule has 2 N–H and O–H groups in total. The lowest BCUT2D eigenvalue weighted by molar-refractivity contribution is 0.126. The summed E-state index contributed by atoms with van der Waals surface area (Å²) in [6.07, 6.45) is 2.11. The van der Waals surface area contributed by atoms with Gasteiger partial charge in [0.05, 0.1) is 24.6 Å². The van der Waals surface area contributed by atoms with E-state index in [0.717, 1.165) is 177 Å². The van der Waals surface area contributed by atoms with Gasteiger partial charge < -0.3 is 49.1 Å². The van der Waals surface area contributed by atoms with Crippen LogP contribution in [0.4, 0.5) is 34.1 Å². The highest BCUT2D eigenvalue weighted by Crippen LogP contribution is 2.43. The number of aliphatic hydroxyl groups excluding tert-OH is 2. The Morgan fingerprint density at radius 3 is 0.848 bits per heavy atom. The van der Waals surface area contributed by atoms with Crippen molar-refractivity contribution in [2.75, 3.05) is 133 Å². The van der Waals surface area contributed by atoms with Crippen LogP contribution in [0.1, 0.15) is 116 Å². The van der Waals surface area contributed by atoms with Crippen LogP contribution < -0.4 is 38.9 Å². The molecular formula is C82H100N10O4S3. The molecule has 0 spiro atoms. The van der Waals surface area contributed by atoms with Gasteiger partial charge in [-0.3, -0.25) is 0 Å². The van der Waals surface area contributed by atoms with Crippen molar-refractivity contribution in [2.24, 2.45) is 20.4 Å². The van der Waals surface area contributed by atoms with Crippen molar-refractivity contribution in [1.29, 1.82) is 0 Å². The van der Waals surface area contributed by atoms with E-state index in [1.807, 2.05) is 12.1 Å². The summed E-state index contributed by atoms with van der Waals surface area (Å²) in [6.45, 7) is 37.1. The molecule has 2 aliphatic rings. The highest BCUT2D eigenvalue weighted by atomic mass is 32.2. The molecule has 0 bridgehead atoms. The SMILES string of the molecule is CCN(CC)c1ccc(/C=N/N=C2c3cc(N(CC)CC)ccc3-c3ccc(N(CC)CC)cc32)c(OCC(O)CSc2ccc(Sc3ccc(SCC(O)COc4cc(N(CC)CC)ccc4/C=N/N=C4c5cc(N(CC)CC)ccc5-c5ccc(N(CC)CC)cc54)cc3)cc2)c1. The number of anilines is 6. The van der Waals surface area contributed by atoms with Gasteiger partial charge in [0.15, 0.2) is 0 Å². The second-order valence-electron chi connectivity index (χ2n) is 24.4. The highest BCUT2D eigenvalue weighted by molar-refractivity contribution is 8.00. The van der Waals surface area contributed by atoms with Crippen LogP contribution >= 0.6 is 35.3 Å². The average molecular weight is 1390 g/mol. The maximum Gasteiger partial charge on any atom is 0.130 e. The third-order valence-corrected chi connectivity index (χ3v) is 22.0. The van der Waals surface area contributed by atoms with Crippen LogP contribution in [-0.4, -0.2) is 150 Å². The predicted molar refractivity (Wildman–Crippen MR) is 426 cm³/mol. The number of aliphatic hydroxyl groups is 2. The Bertz CT molecular complexity index is 3710. The molecule has 99 heavy (non-hydrogen) atoms. The molecule has 0 heterocycles. The molecular weight excluding hydrogens is 1290 g/mol. The quantitative estimate of drug-likeness (QED) is 0.0220. The second kappa shape index (κ2) is 35.7. The molecule has 8 aromatic carbocycles. The van der Waals surface area contributed by atoms with Gasteiger partial charge in [-0.05, 0) is 227 Å². The lowest BCUT2D eigenvalue weighted by Crippen LogP contribution is -2.23. The molecule has 0 radical (unpaired) electrons. The van der Waals surface area contributed by atoms with Gasteiger partial charge in [0, 0.05) is 189 Å². The van der Waals surface area contributed by atoms with E-state index in [9.17, 15) is 10.2 Å². The lowest BCUT2D eigenvalue weighted by Gasteiger charge is -2.22. The third-order valence-electron chi connectivity index (χ3n) is 18.7. The van der Waals surface area contributed by atoms with E-state index in [1.54, 1.807) is 47.7 Å². The molecule has 2 atom stereocenters. The summed E-state index contributed by atoms with van der Waals surface area (Å²) < 4.78 is 13.0. The second-order valence-corrected chi connectivity index (χ2v) is 27.7. The smallest absolute Gasteiger partial charge is 0.130 e. The molecule has 14 nitrogen and oxygen atoms in total. The molecule has 0 saturated carbocycles. The molecule has 0 fully saturated rings. The van der Waals surface area contributed by atoms with Crippen molar-refractivity contribution in [3.05, 3.63) is 191 Å². The van der Waals surface area contributed by atoms with E-state index in [-0.39, 0.29) is 13.2 Å². The van der Waals surface area contributed by atoms with Crippen molar-refractivity contribution in [1.82, 2.24) is 0 Å². The highest BCUT2D eigenvalue weighted by Gasteiger charge is 2.29. The number of rotatable bonds is 36. The molecule has 2 unspecified atom stereocenters. The van der Waals surface area contributed by atoms with E-state index < -0.39 is 12.2 Å². The Morgan fingerprint density at radius 1 is 0.323 bits per heavy atom. The molecule has 0 aromatic heterocycles. The minimum absolute atomic E-state index is 0.117. The van der Waals surface area contributed by atoms with Gasteiger partial charge in [-0.15, -0.1) is 33.7 Å². The fraction of sp³-hybridized carbons (Fsp3) is 0.366. The monoisotopic (exact) mass is 1380 g/mol. The molecule has 2 aliphatic carbocycles. The summed E-state index contributed by atoms with van der Waals surface area (Å²) in [7, 11) is 0. The minimum atomic E-state index is -0.725. The number of ether oxygens (including phenoxy) is 2. The van der Waals surface area contributed by atoms with E-state index in [1.165, 1.54) is 22.7 Å². The van der Waals surface area contributed by atoms with Crippen molar-refractivity contribution >= 4 is 93.3 Å². The molecule has 0 saturated heterocycles. The summed E-state index contributed by atoms with van der Waals surface area (Å²) in [5, 5.41) is 42.4. The van der Waals surface area contributed by atoms with E-state index in [4.69, 9.17) is 29.9 Å². The molecule has 0 aliphatic heterocycles. The average Bonchev–Trinajstić information content (AvgIpc) is 1.61. The zero-order valence-electron chi connectivity index (χ0n) is 60.0. The number of thioether (sulfide) groups is 2. The van der Waals surface area contributed by atoms with Crippen LogP contribution in [0.2, 0.25) is 0 Å². The number of hydrogen-bond donors (Lipinski definition) is 2. The molecule has 17 heteroatoms. The van der Waals surface area contributed by atoms with Crippen molar-refractivity contribution < 1.29 is 19.7 Å². The Morgan fingerprint density at radius 2 is 0.576 bits per heavy atom. The topological polar surface area (TPSA) is 128 Å². The normalized spacial score (nSPS) is 12.7. The van der Waals surface area contributed by atoms with E-state index in [2.05, 4.69) is 258 Å². The first-order valence-corrected chi connectivity index (χ1v) is 38.5. The van der Waals surface area contributed by atoms with E-state index >= 15 is 0 Å². The van der Waals surface area contributed by atoms with Crippen molar-refractivity contribution in [3.63, 3.8) is 0 Å². The molecule has 10 rings (SSSR count). The molecule has 0 amide bonds. The zero-order valence-corrected chi connectivity index (χ0v) is 62.5. The Labute approximate surface area is 601 Å². The predicted octanol–water partition coefficient (Wildman–Crippen LogP) is 17.7. The van der Waals surface area contributed by atoms with Gasteiger partial charge in [-0.1, -0.05) is 36.0 Å². The number of fused-ring (bicyclic) bond motifs is 6. The van der Waals surface area contributed by atoms with Gasteiger partial charge in [-0.2, -0.15) is 10.2 Å². The molecule has 520 valence electrons. The van der Waals surface area contributed by atoms with Crippen LogP contribution in [0.3, 0.4) is 0 Å². The number of benzene rings is 8. The van der Waals surface area contributed by atoms with Gasteiger partial charge in [0.1, 0.15) is 36.1 Å². The first kappa shape index (κ1) is 73.5. The van der Waals surface area contributed by atoms with Gasteiger partial charge in [0.2, 0.25) is 0 Å². The van der Waals surface area contributed by atoms with Crippen molar-refractivity contribution in [3.8, 4) is 33.8 Å². The number of nitrogens with zero attached hydrogens (tertiary/aromatic N) is 10. The maximum absolute atomic E-state index is 11.4. The van der Waals surface area contributed by atoms with Crippen LogP contribution in [0.25, 0.3) is 22.3 Å². The van der Waals surface area contributed by atoms with Gasteiger partial charge >= 0.3 is 0 Å². The van der Waals surface area contributed by atoms with Crippen LogP contribution in [0.15, 0.2) is 198 Å². The van der Waals surface area contributed by atoms with Gasteiger partial charge in [0.25, 0.3) is 0 Å². The summed E-state index contributed by atoms with van der Waals surface area (Å²) in [6, 6.07) is 56.2. The van der Waals surface area contributed by atoms with Crippen LogP contribution in [0.5, 0.6) is 11.5 Å². The summed E-state index contributed by atoms with van der Waals surface area (Å²) in [5.74, 6) is 2.21. The van der Waals surface area contributed by atoms with Gasteiger partial charge in [-0.25, -0.2) is 0 Å². The van der Waals surface area contributed by atoms with Crippen LogP contribution in [-0.2, 0) is 0 Å². The fourth-order valence-corrected chi connectivity index (χ4v) is 15.5. The summed E-state index contributed by atoms with van der Waals surface area (Å²) in [5.41, 5.74) is 19.0. The van der Waals surface area contributed by atoms with Crippen LogP contribution in [0, 0.1) is 0 Å². The standard InChI is InChI=1S/C82H100N10O4S3/c1-13-87(14-2)59-29-41-71-72-42-30-60(88(15-3)16-4)46-76(72)81(75(71)45-59)85-83-51-57-25-27-63(91(21-9)22-10)49-79(57)95-53-65(93)55-97-67-33-37-69(38-34-67)99-70-39-35-68(36-40-70)98-56-66(94)54-96-80-50-64(92(23-11)24-12)28-26-58(80)52-84-86-82-77-47-61(89(17-5)18-6)31-43-73(77)74-44-32-62(48-78(74)82)90(19-7)20-8/h25-52,65-66,93-94H,13-24,53-56H2,1-12H3/b83-51+,84-52+. The number of hydrogen-bond acceptors (Lipinski definition) is 17. The van der Waals surface area contributed by atoms with Crippen molar-refractivity contribution in [2.45, 2.75) is 115 Å². The zero-order chi connectivity index (χ0) is 70.0. The fourth-order valence-electron chi connectivity index (χ4n) is 13.1. The summed E-state index contributed by atoms with van der Waals surface area (Å²) in [4.78, 5) is 18.4. The first-order chi connectivity index (χ1) is 48.3. The Hall–Kier alpha value is -8.19. The largest absolute Gasteiger partial charge is 0.490 e. The molecule has 8 aromatic rings. The lowest BCUT2D eigenvalue weighted by atomic mass is 10.0. The minimum Gasteiger partial charge on any atom is -0.490 e. The Balaban J connectivity index is 0.743. The Kier molecular flexibility index (Phi) is 26.5. The first-order valence-electron chi connectivity index (χ1n) is 35.7. The van der Waals surface area contributed by atoms with E-state index in [0.29, 0.717) is 23.0 Å². The third kappa shape index (κ3) is 17.7. The maximum atomic E-state index is 11.4.